The first-order chi connectivity index (χ1) is 27.2. The summed E-state index contributed by atoms with van der Waals surface area (Å²) in [5.74, 6) is -0.926. The van der Waals surface area contributed by atoms with Crippen LogP contribution in [0.2, 0.25) is 0 Å². The van der Waals surface area contributed by atoms with Gasteiger partial charge in [-0.2, -0.15) is 0 Å². The van der Waals surface area contributed by atoms with Gasteiger partial charge in [0.15, 0.2) is 23.1 Å². The number of carbonyl (C=O) groups is 4. The third-order valence-corrected chi connectivity index (χ3v) is 12.9. The van der Waals surface area contributed by atoms with Gasteiger partial charge < -0.3 is 0 Å². The largest absolute Gasteiger partial charge is 0.288 e. The van der Waals surface area contributed by atoms with E-state index in [0.717, 1.165) is 44.8 Å². The van der Waals surface area contributed by atoms with Crippen molar-refractivity contribution in [2.24, 2.45) is 0 Å². The Balaban J connectivity index is 1.13. The van der Waals surface area contributed by atoms with Crippen LogP contribution in [0.25, 0.3) is 23.3 Å². The van der Waals surface area contributed by atoms with Gasteiger partial charge in [-0.25, -0.2) is 0 Å². The summed E-state index contributed by atoms with van der Waals surface area (Å²) in [5.41, 5.74) is 12.9. The Labute approximate surface area is 328 Å². The molecule has 5 aromatic carbocycles. The van der Waals surface area contributed by atoms with Crippen molar-refractivity contribution < 1.29 is 19.2 Å². The van der Waals surface area contributed by atoms with Gasteiger partial charge in [-0.15, -0.1) is 11.3 Å². The fraction of sp³-hybridized carbons (Fsp3) is 0.0980. The molecule has 0 amide bonds. The van der Waals surface area contributed by atoms with Crippen molar-refractivity contribution in [2.45, 2.75) is 32.1 Å². The zero-order valence-electron chi connectivity index (χ0n) is 30.8. The predicted octanol–water partition coefficient (Wildman–Crippen LogP) is 11.3. The number of aryl methyl sites for hydroxylation is 2. The molecule has 10 rings (SSSR count). The van der Waals surface area contributed by atoms with E-state index in [1.165, 1.54) is 33.4 Å². The second-order valence-corrected chi connectivity index (χ2v) is 16.2. The van der Waals surface area contributed by atoms with Crippen molar-refractivity contribution >= 4 is 57.8 Å². The summed E-state index contributed by atoms with van der Waals surface area (Å²) < 4.78 is 0. The van der Waals surface area contributed by atoms with Crippen molar-refractivity contribution in [3.05, 3.63) is 221 Å². The molecule has 1 heterocycles. The Morgan fingerprint density at radius 1 is 0.536 bits per heavy atom. The van der Waals surface area contributed by atoms with E-state index in [9.17, 15) is 19.2 Å². The normalized spacial score (nSPS) is 16.5. The van der Waals surface area contributed by atoms with Crippen molar-refractivity contribution in [2.75, 3.05) is 0 Å². The molecule has 4 nitrogen and oxygen atoms in total. The smallest absolute Gasteiger partial charge is 0.197 e. The topological polar surface area (TPSA) is 68.3 Å². The summed E-state index contributed by atoms with van der Waals surface area (Å²) in [5, 5.41) is 0. The van der Waals surface area contributed by atoms with E-state index in [0.29, 0.717) is 22.3 Å². The number of thiophene rings is 1. The van der Waals surface area contributed by atoms with Gasteiger partial charge in [0.1, 0.15) is 0 Å². The maximum atomic E-state index is 13.5. The summed E-state index contributed by atoms with van der Waals surface area (Å²) in [4.78, 5) is 55.4. The van der Waals surface area contributed by atoms with Crippen LogP contribution in [0.5, 0.6) is 0 Å². The number of benzene rings is 5. The standard InChI is InChI=1S/C51H34O4S/c1-29-11-17-33(18-12-29)51(34-19-13-30(2)14-20-34)44-26-31(25-42-47(52)38-7-3-4-8-39(38)48(42)53)15-22-36(44)37-23-16-32(27-45(37)51)46-24-21-35(56-46)28-43-49(54)40-9-5-6-10-41(40)50(43)55/h3-15,17-22,24-28H,16,23H2,1-2H3. The second kappa shape index (κ2) is 12.8. The van der Waals surface area contributed by atoms with Crippen LogP contribution in [0.3, 0.4) is 0 Å². The first-order valence-corrected chi connectivity index (χ1v) is 19.7. The molecule has 6 aromatic rings. The lowest BCUT2D eigenvalue weighted by atomic mass is 9.65. The van der Waals surface area contributed by atoms with Crippen LogP contribution in [0.1, 0.15) is 103 Å². The van der Waals surface area contributed by atoms with Gasteiger partial charge in [0.25, 0.3) is 0 Å². The molecule has 0 atom stereocenters. The van der Waals surface area contributed by atoms with Gasteiger partial charge >= 0.3 is 0 Å². The van der Waals surface area contributed by atoms with E-state index in [-0.39, 0.29) is 34.3 Å². The average Bonchev–Trinajstić information content (AvgIpc) is 3.94. The molecule has 5 heteroatoms. The lowest BCUT2D eigenvalue weighted by Gasteiger charge is -2.36. The molecule has 0 fully saturated rings. The highest BCUT2D eigenvalue weighted by molar-refractivity contribution is 7.14. The molecule has 0 saturated heterocycles. The van der Waals surface area contributed by atoms with Crippen molar-refractivity contribution in [1.82, 2.24) is 0 Å². The van der Waals surface area contributed by atoms with Crippen LogP contribution in [-0.2, 0) is 5.41 Å². The minimum Gasteiger partial charge on any atom is -0.288 e. The molecule has 0 unspecified atom stereocenters. The molecule has 0 N–H and O–H groups in total. The molecule has 0 saturated carbocycles. The van der Waals surface area contributed by atoms with Gasteiger partial charge in [0.2, 0.25) is 0 Å². The van der Waals surface area contributed by atoms with Crippen LogP contribution in [0, 0.1) is 13.8 Å². The van der Waals surface area contributed by atoms with Gasteiger partial charge in [0.05, 0.1) is 16.6 Å². The Kier molecular flexibility index (Phi) is 7.74. The third-order valence-electron chi connectivity index (χ3n) is 11.8. The number of hydrogen-bond donors (Lipinski definition) is 0. The molecule has 0 bridgehead atoms. The predicted molar refractivity (Wildman–Crippen MR) is 223 cm³/mol. The van der Waals surface area contributed by atoms with E-state index in [1.54, 1.807) is 72.0 Å². The molecular formula is C51H34O4S. The van der Waals surface area contributed by atoms with E-state index >= 15 is 0 Å². The van der Waals surface area contributed by atoms with Gasteiger partial charge in [-0.3, -0.25) is 19.2 Å². The van der Waals surface area contributed by atoms with Crippen LogP contribution >= 0.6 is 11.3 Å². The number of allylic oxidation sites excluding steroid dienone is 6. The summed E-state index contributed by atoms with van der Waals surface area (Å²) in [7, 11) is 0. The Morgan fingerprint density at radius 2 is 1.05 bits per heavy atom. The summed E-state index contributed by atoms with van der Waals surface area (Å²) in [6.45, 7) is 4.20. The Morgan fingerprint density at radius 3 is 1.59 bits per heavy atom. The molecule has 4 aliphatic rings. The zero-order valence-corrected chi connectivity index (χ0v) is 31.6. The lowest BCUT2D eigenvalue weighted by Crippen LogP contribution is -2.30. The molecule has 4 aliphatic carbocycles. The maximum absolute atomic E-state index is 13.5. The average molecular weight is 743 g/mol. The molecule has 0 spiro atoms. The van der Waals surface area contributed by atoms with Crippen LogP contribution in [-0.4, -0.2) is 23.1 Å². The molecular weight excluding hydrogens is 709 g/mol. The first kappa shape index (κ1) is 34.0. The van der Waals surface area contributed by atoms with Crippen molar-refractivity contribution in [3.8, 4) is 0 Å². The fourth-order valence-electron chi connectivity index (χ4n) is 9.02. The molecule has 268 valence electrons. The summed E-state index contributed by atoms with van der Waals surface area (Å²) >= 11 is 1.59. The fourth-order valence-corrected chi connectivity index (χ4v) is 10.0. The molecule has 1 aromatic heterocycles. The highest BCUT2D eigenvalue weighted by atomic mass is 32.1. The number of hydrogen-bond acceptors (Lipinski definition) is 5. The Bertz CT molecular complexity index is 2750. The SMILES string of the molecule is Cc1ccc(C2(c3ccc(C)cc3)C3=C(CCC(c4ccc(C=C5C(=O)c6ccccc6C5=O)s4)=C3)c3ccc(C=C4C(=O)c5ccccc5C4=O)cc32)cc1. The van der Waals surface area contributed by atoms with Gasteiger partial charge in [-0.1, -0.05) is 126 Å². The third kappa shape index (κ3) is 5.04. The summed E-state index contributed by atoms with van der Waals surface area (Å²) in [6.07, 6.45) is 7.51. The maximum Gasteiger partial charge on any atom is 0.197 e. The minimum atomic E-state index is -0.685. The van der Waals surface area contributed by atoms with Crippen LogP contribution in [0.15, 0.2) is 150 Å². The van der Waals surface area contributed by atoms with Crippen molar-refractivity contribution in [3.63, 3.8) is 0 Å². The second-order valence-electron chi connectivity index (χ2n) is 15.1. The molecule has 0 aliphatic heterocycles. The van der Waals surface area contributed by atoms with Gasteiger partial charge in [0, 0.05) is 32.0 Å². The van der Waals surface area contributed by atoms with Crippen molar-refractivity contribution in [1.29, 1.82) is 0 Å². The zero-order chi connectivity index (χ0) is 38.3. The molecule has 0 radical (unpaired) electrons. The number of rotatable bonds is 5. The van der Waals surface area contributed by atoms with E-state index in [2.05, 4.69) is 86.7 Å². The highest BCUT2D eigenvalue weighted by Gasteiger charge is 2.48. The van der Waals surface area contributed by atoms with Crippen LogP contribution in [0.4, 0.5) is 0 Å². The molecule has 56 heavy (non-hydrogen) atoms. The first-order valence-electron chi connectivity index (χ1n) is 18.9. The highest BCUT2D eigenvalue weighted by Crippen LogP contribution is 2.59. The quantitative estimate of drug-likeness (QED) is 0.130. The Hall–Kier alpha value is -6.56. The van der Waals surface area contributed by atoms with E-state index < -0.39 is 5.41 Å². The monoisotopic (exact) mass is 742 g/mol. The van der Waals surface area contributed by atoms with E-state index in [4.69, 9.17) is 0 Å². The minimum absolute atomic E-state index is 0.189. The number of carbonyl (C=O) groups excluding carboxylic acids is 4. The van der Waals surface area contributed by atoms with Crippen LogP contribution < -0.4 is 0 Å². The number of ketones is 4. The number of fused-ring (bicyclic) bond motifs is 4. The van der Waals surface area contributed by atoms with Gasteiger partial charge in [-0.05, 0) is 102 Å². The lowest BCUT2D eigenvalue weighted by molar-refractivity contribution is 0.0975. The van der Waals surface area contributed by atoms with E-state index in [1.807, 2.05) is 12.1 Å². The summed E-state index contributed by atoms with van der Waals surface area (Å²) in [6, 6.07) is 42.1. The number of Topliss-reactive ketones (excluding diaryl/α,β-unsaturated/α-hetero) is 4.